The van der Waals surface area contributed by atoms with Gasteiger partial charge in [-0.25, -0.2) is 4.98 Å². The first-order valence-electron chi connectivity index (χ1n) is 9.14. The van der Waals surface area contributed by atoms with Crippen LogP contribution in [0.1, 0.15) is 15.9 Å². The van der Waals surface area contributed by atoms with Crippen LogP contribution in [0.5, 0.6) is 0 Å². The highest BCUT2D eigenvalue weighted by molar-refractivity contribution is 6.34. The third kappa shape index (κ3) is 3.86. The molecule has 0 saturated heterocycles. The van der Waals surface area contributed by atoms with Crippen molar-refractivity contribution in [2.45, 2.75) is 6.92 Å². The maximum Gasteiger partial charge on any atom is 0.271 e. The van der Waals surface area contributed by atoms with Crippen molar-refractivity contribution in [3.8, 4) is 11.3 Å². The number of carbonyl (C=O) groups excluding carboxylic acids is 1. The van der Waals surface area contributed by atoms with Crippen LogP contribution in [0.15, 0.2) is 72.8 Å². The van der Waals surface area contributed by atoms with Crippen LogP contribution in [0.2, 0.25) is 5.02 Å². The fraction of sp³-hybridized carbons (Fsp3) is 0.0435. The molecule has 6 nitrogen and oxygen atoms in total. The summed E-state index contributed by atoms with van der Waals surface area (Å²) < 4.78 is 0. The van der Waals surface area contributed by atoms with E-state index in [1.807, 2.05) is 55.5 Å². The number of nitrogens with one attached hydrogen (secondary N) is 1. The number of para-hydroxylation sites is 1. The SMILES string of the molecule is Cc1ccc(-c2cc(C(=O)Nc3cc([N+](=O)[O-])ccc3Cl)c3ccccc3n2)cc1. The van der Waals surface area contributed by atoms with Crippen molar-refractivity contribution in [2.75, 3.05) is 5.32 Å². The average Bonchev–Trinajstić information content (AvgIpc) is 2.74. The van der Waals surface area contributed by atoms with Crippen molar-refractivity contribution < 1.29 is 9.72 Å². The fourth-order valence-electron chi connectivity index (χ4n) is 3.15. The zero-order chi connectivity index (χ0) is 21.3. The maximum atomic E-state index is 13.1. The van der Waals surface area contributed by atoms with Gasteiger partial charge in [0.25, 0.3) is 11.6 Å². The van der Waals surface area contributed by atoms with E-state index in [4.69, 9.17) is 11.6 Å². The molecule has 0 atom stereocenters. The van der Waals surface area contributed by atoms with E-state index in [1.54, 1.807) is 6.07 Å². The highest BCUT2D eigenvalue weighted by Gasteiger charge is 2.17. The van der Waals surface area contributed by atoms with Crippen LogP contribution < -0.4 is 5.32 Å². The fourth-order valence-corrected chi connectivity index (χ4v) is 3.31. The number of hydrogen-bond donors (Lipinski definition) is 1. The van der Waals surface area contributed by atoms with Crippen molar-refractivity contribution in [1.82, 2.24) is 4.98 Å². The Labute approximate surface area is 177 Å². The van der Waals surface area contributed by atoms with Gasteiger partial charge in [-0.2, -0.15) is 0 Å². The molecule has 30 heavy (non-hydrogen) atoms. The van der Waals surface area contributed by atoms with Gasteiger partial charge in [0.15, 0.2) is 0 Å². The van der Waals surface area contributed by atoms with Gasteiger partial charge < -0.3 is 5.32 Å². The smallest absolute Gasteiger partial charge is 0.271 e. The van der Waals surface area contributed by atoms with Crippen LogP contribution in [0.4, 0.5) is 11.4 Å². The van der Waals surface area contributed by atoms with E-state index in [0.717, 1.165) is 11.1 Å². The molecule has 0 bridgehead atoms. The number of benzene rings is 3. The lowest BCUT2D eigenvalue weighted by atomic mass is 10.0. The van der Waals surface area contributed by atoms with Gasteiger partial charge in [0.1, 0.15) is 0 Å². The number of halogens is 1. The van der Waals surface area contributed by atoms with Crippen molar-refractivity contribution in [1.29, 1.82) is 0 Å². The normalized spacial score (nSPS) is 10.7. The van der Waals surface area contributed by atoms with Gasteiger partial charge in [0.05, 0.1) is 32.4 Å². The molecule has 7 heteroatoms. The summed E-state index contributed by atoms with van der Waals surface area (Å²) in [6, 6.07) is 20.8. The Bertz CT molecular complexity index is 1290. The summed E-state index contributed by atoms with van der Waals surface area (Å²) in [6.07, 6.45) is 0. The lowest BCUT2D eigenvalue weighted by Gasteiger charge is -2.12. The molecule has 4 rings (SSSR count). The second kappa shape index (κ2) is 7.93. The number of carbonyl (C=O) groups is 1. The number of aromatic nitrogens is 1. The zero-order valence-electron chi connectivity index (χ0n) is 15.9. The molecule has 148 valence electrons. The molecular weight excluding hydrogens is 402 g/mol. The number of nitro groups is 1. The van der Waals surface area contributed by atoms with Crippen LogP contribution in [0.3, 0.4) is 0 Å². The zero-order valence-corrected chi connectivity index (χ0v) is 16.7. The first-order valence-corrected chi connectivity index (χ1v) is 9.52. The summed E-state index contributed by atoms with van der Waals surface area (Å²) >= 11 is 6.14. The van der Waals surface area contributed by atoms with Crippen LogP contribution in [0, 0.1) is 17.0 Å². The molecule has 0 unspecified atom stereocenters. The summed E-state index contributed by atoms with van der Waals surface area (Å²) in [6.45, 7) is 2.00. The molecule has 4 aromatic rings. The highest BCUT2D eigenvalue weighted by Crippen LogP contribution is 2.29. The quantitative estimate of drug-likeness (QED) is 0.324. The van der Waals surface area contributed by atoms with E-state index >= 15 is 0 Å². The molecule has 1 aromatic heterocycles. The highest BCUT2D eigenvalue weighted by atomic mass is 35.5. The van der Waals surface area contributed by atoms with E-state index in [9.17, 15) is 14.9 Å². The minimum absolute atomic E-state index is 0.158. The number of aryl methyl sites for hydroxylation is 1. The molecule has 1 heterocycles. The van der Waals surface area contributed by atoms with Crippen LogP contribution in [0.25, 0.3) is 22.2 Å². The number of rotatable bonds is 4. The molecule has 0 saturated carbocycles. The Kier molecular flexibility index (Phi) is 5.16. The summed E-state index contributed by atoms with van der Waals surface area (Å²) in [4.78, 5) is 28.3. The minimum Gasteiger partial charge on any atom is -0.320 e. The average molecular weight is 418 g/mol. The molecule has 0 spiro atoms. The molecule has 0 radical (unpaired) electrons. The number of non-ortho nitro benzene ring substituents is 1. The first-order chi connectivity index (χ1) is 14.4. The van der Waals surface area contributed by atoms with Crippen molar-refractivity contribution in [2.24, 2.45) is 0 Å². The number of fused-ring (bicyclic) bond motifs is 1. The summed E-state index contributed by atoms with van der Waals surface area (Å²) in [7, 11) is 0. The third-order valence-corrected chi connectivity index (χ3v) is 5.05. The van der Waals surface area contributed by atoms with E-state index < -0.39 is 10.8 Å². The molecule has 1 N–H and O–H groups in total. The number of nitro benzene ring substituents is 1. The first kappa shape index (κ1) is 19.5. The van der Waals surface area contributed by atoms with Gasteiger partial charge in [-0.1, -0.05) is 59.6 Å². The molecule has 0 fully saturated rings. The number of hydrogen-bond acceptors (Lipinski definition) is 4. The van der Waals surface area contributed by atoms with E-state index in [2.05, 4.69) is 10.3 Å². The Hall–Kier alpha value is -3.77. The second-order valence-electron chi connectivity index (χ2n) is 6.81. The van der Waals surface area contributed by atoms with E-state index in [1.165, 1.54) is 18.2 Å². The van der Waals surface area contributed by atoms with Gasteiger partial charge in [0.2, 0.25) is 0 Å². The lowest BCUT2D eigenvalue weighted by molar-refractivity contribution is -0.384. The van der Waals surface area contributed by atoms with Crippen LogP contribution >= 0.6 is 11.6 Å². The molecule has 0 aliphatic rings. The Morgan fingerprint density at radius 1 is 1.03 bits per heavy atom. The maximum absolute atomic E-state index is 13.1. The number of pyridine rings is 1. The largest absolute Gasteiger partial charge is 0.320 e. The summed E-state index contributed by atoms with van der Waals surface area (Å²) in [5.41, 5.74) is 3.75. The predicted molar refractivity (Wildman–Crippen MR) is 118 cm³/mol. The van der Waals surface area contributed by atoms with Gasteiger partial charge in [-0.05, 0) is 25.1 Å². The minimum atomic E-state index is -0.538. The Balaban J connectivity index is 1.79. The number of amides is 1. The van der Waals surface area contributed by atoms with Gasteiger partial charge in [-0.15, -0.1) is 0 Å². The summed E-state index contributed by atoms with van der Waals surface area (Å²) in [5.74, 6) is -0.427. The predicted octanol–water partition coefficient (Wildman–Crippen LogP) is 6.02. The molecule has 0 aliphatic heterocycles. The van der Waals surface area contributed by atoms with E-state index in [0.29, 0.717) is 22.2 Å². The van der Waals surface area contributed by atoms with Crippen LogP contribution in [-0.4, -0.2) is 15.8 Å². The van der Waals surface area contributed by atoms with Gasteiger partial charge >= 0.3 is 0 Å². The number of anilines is 1. The molecule has 0 aliphatic carbocycles. The Morgan fingerprint density at radius 3 is 2.50 bits per heavy atom. The van der Waals surface area contributed by atoms with Crippen molar-refractivity contribution in [3.63, 3.8) is 0 Å². The monoisotopic (exact) mass is 417 g/mol. The lowest BCUT2D eigenvalue weighted by Crippen LogP contribution is -2.13. The van der Waals surface area contributed by atoms with Crippen LogP contribution in [-0.2, 0) is 0 Å². The van der Waals surface area contributed by atoms with Crippen molar-refractivity contribution >= 4 is 39.8 Å². The molecule has 1 amide bonds. The third-order valence-electron chi connectivity index (χ3n) is 4.72. The van der Waals surface area contributed by atoms with Gasteiger partial charge in [0, 0.05) is 23.1 Å². The van der Waals surface area contributed by atoms with Crippen molar-refractivity contribution in [3.05, 3.63) is 99.1 Å². The topological polar surface area (TPSA) is 85.1 Å². The van der Waals surface area contributed by atoms with E-state index in [-0.39, 0.29) is 16.4 Å². The Morgan fingerprint density at radius 2 is 1.77 bits per heavy atom. The number of nitrogens with zero attached hydrogens (tertiary/aromatic N) is 2. The summed E-state index contributed by atoms with van der Waals surface area (Å²) in [5, 5.41) is 14.6. The second-order valence-corrected chi connectivity index (χ2v) is 7.22. The molecule has 3 aromatic carbocycles. The molecular formula is C23H16ClN3O3. The van der Waals surface area contributed by atoms with Gasteiger partial charge in [-0.3, -0.25) is 14.9 Å². The standard InChI is InChI=1S/C23H16ClN3O3/c1-14-6-8-15(9-7-14)21-13-18(17-4-2-3-5-20(17)25-21)23(28)26-22-12-16(27(29)30)10-11-19(22)24/h2-13H,1H3,(H,26,28).